The van der Waals surface area contributed by atoms with Crippen LogP contribution < -0.4 is 4.74 Å². The second-order valence-electron chi connectivity index (χ2n) is 3.06. The molecular weight excluding hydrogens is 358 g/mol. The first-order valence-corrected chi connectivity index (χ1v) is 5.02. The van der Waals surface area contributed by atoms with Crippen molar-refractivity contribution in [3.05, 3.63) is 21.9 Å². The van der Waals surface area contributed by atoms with Gasteiger partial charge in [0.05, 0.1) is 5.56 Å². The van der Waals surface area contributed by atoms with Crippen LogP contribution in [0.5, 0.6) is 5.75 Å². The number of halogens is 9. The van der Waals surface area contributed by atoms with E-state index in [4.69, 9.17) is 0 Å². The third-order valence-electron chi connectivity index (χ3n) is 1.70. The van der Waals surface area contributed by atoms with E-state index in [0.29, 0.717) is 0 Å². The predicted molar refractivity (Wildman–Crippen MR) is 48.6 cm³/mol. The molecule has 0 atom stereocenters. The lowest BCUT2D eigenvalue weighted by molar-refractivity contribution is -0.275. The molecule has 0 bridgehead atoms. The molecule has 108 valence electrons. The third-order valence-corrected chi connectivity index (χ3v) is 2.24. The number of nitrogens with zero attached hydrogens (tertiary/aromatic N) is 1. The Kier molecular flexibility index (Phi) is 4.27. The average molecular weight is 360 g/mol. The molecule has 1 aromatic rings. The van der Waals surface area contributed by atoms with Crippen molar-refractivity contribution in [2.24, 2.45) is 0 Å². The van der Waals surface area contributed by atoms with Crippen molar-refractivity contribution in [1.29, 1.82) is 0 Å². The number of rotatable bonds is 2. The predicted octanol–water partition coefficient (Wildman–Crippen LogP) is 4.70. The molecule has 0 aliphatic carbocycles. The van der Waals surface area contributed by atoms with Crippen molar-refractivity contribution >= 4 is 15.9 Å². The summed E-state index contributed by atoms with van der Waals surface area (Å²) in [4.78, 5) is 2.70. The Bertz CT molecular complexity index is 469. The van der Waals surface area contributed by atoms with Crippen LogP contribution in [0.2, 0.25) is 0 Å². The van der Waals surface area contributed by atoms with E-state index in [0.717, 1.165) is 0 Å². The molecule has 0 N–H and O–H groups in total. The van der Waals surface area contributed by atoms with E-state index in [2.05, 4.69) is 25.7 Å². The van der Waals surface area contributed by atoms with Crippen LogP contribution in [0.25, 0.3) is 0 Å². The summed E-state index contributed by atoms with van der Waals surface area (Å²) in [5.41, 5.74) is -3.32. The highest BCUT2D eigenvalue weighted by atomic mass is 79.9. The van der Waals surface area contributed by atoms with E-state index in [1.807, 2.05) is 0 Å². The smallest absolute Gasteiger partial charge is 0.402 e. The SMILES string of the molecule is FC(F)c1cc(C(F)(F)F)nc(Br)c1OC(F)(F)F. The van der Waals surface area contributed by atoms with E-state index in [1.165, 1.54) is 0 Å². The molecule has 0 aliphatic rings. The van der Waals surface area contributed by atoms with Gasteiger partial charge in [-0.3, -0.25) is 0 Å². The summed E-state index contributed by atoms with van der Waals surface area (Å²) >= 11 is 2.24. The molecule has 0 aliphatic heterocycles. The van der Waals surface area contributed by atoms with Crippen molar-refractivity contribution in [1.82, 2.24) is 4.98 Å². The largest absolute Gasteiger partial charge is 0.573 e. The molecule has 0 radical (unpaired) electrons. The molecule has 1 heterocycles. The van der Waals surface area contributed by atoms with Gasteiger partial charge in [0.25, 0.3) is 6.43 Å². The van der Waals surface area contributed by atoms with Crippen molar-refractivity contribution < 1.29 is 39.9 Å². The Hall–Kier alpha value is -1.13. The number of hydrogen-bond acceptors (Lipinski definition) is 2. The van der Waals surface area contributed by atoms with E-state index in [1.54, 1.807) is 0 Å². The van der Waals surface area contributed by atoms with Gasteiger partial charge in [-0.25, -0.2) is 13.8 Å². The maximum absolute atomic E-state index is 12.5. The zero-order valence-electron chi connectivity index (χ0n) is 8.41. The Morgan fingerprint density at radius 3 is 2.00 bits per heavy atom. The Morgan fingerprint density at radius 2 is 1.63 bits per heavy atom. The zero-order chi connectivity index (χ0) is 15.0. The first-order valence-electron chi connectivity index (χ1n) is 4.23. The second kappa shape index (κ2) is 5.10. The average Bonchev–Trinajstić information content (AvgIpc) is 2.16. The lowest BCUT2D eigenvalue weighted by atomic mass is 10.2. The van der Waals surface area contributed by atoms with Gasteiger partial charge < -0.3 is 4.74 Å². The third kappa shape index (κ3) is 4.18. The van der Waals surface area contributed by atoms with Gasteiger partial charge >= 0.3 is 12.5 Å². The van der Waals surface area contributed by atoms with Crippen molar-refractivity contribution in [3.8, 4) is 5.75 Å². The normalized spacial score (nSPS) is 12.9. The minimum absolute atomic E-state index is 0.198. The summed E-state index contributed by atoms with van der Waals surface area (Å²) in [6.07, 6.45) is -14.0. The summed E-state index contributed by atoms with van der Waals surface area (Å²) in [6.45, 7) is 0. The van der Waals surface area contributed by atoms with Crippen LogP contribution in [0.3, 0.4) is 0 Å². The highest BCUT2D eigenvalue weighted by Crippen LogP contribution is 2.41. The monoisotopic (exact) mass is 359 g/mol. The van der Waals surface area contributed by atoms with Crippen molar-refractivity contribution in [3.63, 3.8) is 0 Å². The van der Waals surface area contributed by atoms with E-state index in [-0.39, 0.29) is 6.07 Å². The molecule has 0 aromatic carbocycles. The van der Waals surface area contributed by atoms with Crippen molar-refractivity contribution in [2.45, 2.75) is 19.0 Å². The quantitative estimate of drug-likeness (QED) is 0.564. The maximum Gasteiger partial charge on any atom is 0.573 e. The van der Waals surface area contributed by atoms with Crippen LogP contribution in [-0.4, -0.2) is 11.3 Å². The topological polar surface area (TPSA) is 22.1 Å². The molecule has 0 saturated carbocycles. The van der Waals surface area contributed by atoms with Crippen LogP contribution in [-0.2, 0) is 6.18 Å². The van der Waals surface area contributed by atoms with E-state index >= 15 is 0 Å². The van der Waals surface area contributed by atoms with Gasteiger partial charge in [0.1, 0.15) is 10.3 Å². The molecule has 0 spiro atoms. The highest BCUT2D eigenvalue weighted by molar-refractivity contribution is 9.10. The summed E-state index contributed by atoms with van der Waals surface area (Å²) in [7, 11) is 0. The molecule has 1 aromatic heterocycles. The molecule has 2 nitrogen and oxygen atoms in total. The standard InChI is InChI=1S/C8H2BrF8NO/c9-5-4(19-8(15,16)17)2(6(10)11)1-3(18-5)7(12,13)14/h1,6H. The highest BCUT2D eigenvalue weighted by Gasteiger charge is 2.39. The van der Waals surface area contributed by atoms with Gasteiger partial charge in [-0.15, -0.1) is 13.2 Å². The zero-order valence-corrected chi connectivity index (χ0v) is 10.00. The number of pyridine rings is 1. The van der Waals surface area contributed by atoms with Gasteiger partial charge in [-0.05, 0) is 22.0 Å². The molecule has 11 heteroatoms. The molecule has 0 saturated heterocycles. The van der Waals surface area contributed by atoms with Crippen LogP contribution in [0.4, 0.5) is 35.1 Å². The first kappa shape index (κ1) is 15.9. The minimum atomic E-state index is -5.34. The van der Waals surface area contributed by atoms with Gasteiger partial charge in [-0.2, -0.15) is 13.2 Å². The second-order valence-corrected chi connectivity index (χ2v) is 3.81. The van der Waals surface area contributed by atoms with E-state index < -0.39 is 40.6 Å². The van der Waals surface area contributed by atoms with Crippen LogP contribution in [0.15, 0.2) is 10.7 Å². The van der Waals surface area contributed by atoms with Gasteiger partial charge in [-0.1, -0.05) is 0 Å². The van der Waals surface area contributed by atoms with Crippen molar-refractivity contribution in [2.75, 3.05) is 0 Å². The van der Waals surface area contributed by atoms with Gasteiger partial charge in [0.2, 0.25) is 0 Å². The molecule has 0 unspecified atom stereocenters. The van der Waals surface area contributed by atoms with Crippen LogP contribution in [0.1, 0.15) is 17.7 Å². The number of alkyl halides is 8. The maximum atomic E-state index is 12.5. The van der Waals surface area contributed by atoms with Crippen LogP contribution >= 0.6 is 15.9 Å². The Labute approximate surface area is 108 Å². The number of aromatic nitrogens is 1. The molecule has 19 heavy (non-hydrogen) atoms. The van der Waals surface area contributed by atoms with Crippen LogP contribution in [0, 0.1) is 0 Å². The van der Waals surface area contributed by atoms with Gasteiger partial charge in [0, 0.05) is 0 Å². The fraction of sp³-hybridized carbons (Fsp3) is 0.375. The fourth-order valence-electron chi connectivity index (χ4n) is 1.04. The summed E-state index contributed by atoms with van der Waals surface area (Å²) in [6, 6.07) is -0.198. The lowest BCUT2D eigenvalue weighted by Gasteiger charge is -2.16. The summed E-state index contributed by atoms with van der Waals surface area (Å²) in [5.74, 6) is -1.50. The first-order chi connectivity index (χ1) is 8.42. The fourth-order valence-corrected chi connectivity index (χ4v) is 1.55. The summed E-state index contributed by atoms with van der Waals surface area (Å²) < 4.78 is 99.8. The molecular formula is C8H2BrF8NO. The minimum Gasteiger partial charge on any atom is -0.402 e. The molecule has 1 rings (SSSR count). The number of hydrogen-bond donors (Lipinski definition) is 0. The molecule has 0 amide bonds. The Morgan fingerprint density at radius 1 is 1.11 bits per heavy atom. The lowest BCUT2D eigenvalue weighted by Crippen LogP contribution is -2.20. The summed E-state index contributed by atoms with van der Waals surface area (Å²) in [5, 5.41) is 0. The Balaban J connectivity index is 3.40. The van der Waals surface area contributed by atoms with E-state index in [9.17, 15) is 35.1 Å². The van der Waals surface area contributed by atoms with Gasteiger partial charge in [0.15, 0.2) is 5.75 Å². The number of ether oxygens (including phenoxy) is 1. The molecule has 0 fully saturated rings.